The molecule has 22 heavy (non-hydrogen) atoms. The first-order chi connectivity index (χ1) is 10.2. The molecule has 0 radical (unpaired) electrons. The van der Waals surface area contributed by atoms with Crippen LogP contribution in [0.5, 0.6) is 0 Å². The molecule has 0 N–H and O–H groups in total. The van der Waals surface area contributed by atoms with Crippen LogP contribution < -0.4 is 10.2 Å². The van der Waals surface area contributed by atoms with Gasteiger partial charge in [0.15, 0.2) is 0 Å². The number of thiophene rings is 1. The maximum atomic E-state index is 6.58. The predicted molar refractivity (Wildman–Crippen MR) is 95.9 cm³/mol. The average Bonchev–Trinajstić information content (AvgIpc) is 2.92. The maximum absolute atomic E-state index is 6.58. The van der Waals surface area contributed by atoms with Crippen molar-refractivity contribution in [2.24, 2.45) is 0 Å². The van der Waals surface area contributed by atoms with Crippen LogP contribution in [-0.2, 0) is 9.31 Å². The van der Waals surface area contributed by atoms with Crippen LogP contribution in [0, 0.1) is 6.92 Å². The normalized spacial score (nSPS) is 21.9. The fourth-order valence-corrected chi connectivity index (χ4v) is 4.09. The number of halogens is 1. The fourth-order valence-electron chi connectivity index (χ4n) is 2.93. The lowest BCUT2D eigenvalue weighted by molar-refractivity contribution is 0.00578. The molecule has 1 aliphatic heterocycles. The molecule has 0 atom stereocenters. The molecule has 0 bridgehead atoms. The van der Waals surface area contributed by atoms with Gasteiger partial charge in [0, 0.05) is 16.2 Å². The van der Waals surface area contributed by atoms with Crippen molar-refractivity contribution in [1.29, 1.82) is 0 Å². The van der Waals surface area contributed by atoms with Gasteiger partial charge in [-0.3, -0.25) is 0 Å². The van der Waals surface area contributed by atoms with E-state index < -0.39 is 6.55 Å². The molecule has 2 nitrogen and oxygen atoms in total. The Labute approximate surface area is 141 Å². The van der Waals surface area contributed by atoms with Crippen LogP contribution in [0.25, 0.3) is 0 Å². The third-order valence-electron chi connectivity index (χ3n) is 4.82. The smallest absolute Gasteiger partial charge is 0.309 e. The molecule has 0 saturated carbocycles. The molecular formula is C17H21BClO2S-. The zero-order chi connectivity index (χ0) is 16.2. The largest absolute Gasteiger partial charge is 0.554 e. The monoisotopic (exact) mass is 335 g/mol. The van der Waals surface area contributed by atoms with E-state index >= 15 is 0 Å². The molecule has 0 unspecified atom stereocenters. The number of rotatable bonds is 2. The number of hydrogen-bond donors (Lipinski definition) is 0. The van der Waals surface area contributed by atoms with Gasteiger partial charge in [0.2, 0.25) is 0 Å². The molecular weight excluding hydrogens is 315 g/mol. The van der Waals surface area contributed by atoms with Crippen molar-refractivity contribution in [2.45, 2.75) is 45.8 Å². The van der Waals surface area contributed by atoms with Crippen LogP contribution in [0.2, 0.25) is 5.02 Å². The molecule has 1 aromatic carbocycles. The van der Waals surface area contributed by atoms with E-state index in [-0.39, 0.29) is 11.2 Å². The highest BCUT2D eigenvalue weighted by atomic mass is 35.5. The first-order valence-electron chi connectivity index (χ1n) is 7.54. The van der Waals surface area contributed by atoms with E-state index in [0.717, 1.165) is 10.2 Å². The van der Waals surface area contributed by atoms with Gasteiger partial charge in [-0.25, -0.2) is 0 Å². The molecule has 2 heterocycles. The van der Waals surface area contributed by atoms with Crippen molar-refractivity contribution in [3.63, 3.8) is 0 Å². The van der Waals surface area contributed by atoms with E-state index in [9.17, 15) is 0 Å². The Hall–Kier alpha value is -0.805. The van der Waals surface area contributed by atoms with Crippen molar-refractivity contribution < 1.29 is 9.31 Å². The second kappa shape index (κ2) is 5.10. The Morgan fingerprint density at radius 1 is 0.909 bits per heavy atom. The van der Waals surface area contributed by atoms with Crippen LogP contribution in [0.15, 0.2) is 36.4 Å². The summed E-state index contributed by atoms with van der Waals surface area (Å²) in [5.41, 5.74) is 0.264. The number of aryl methyl sites for hydroxylation is 1. The van der Waals surface area contributed by atoms with Crippen LogP contribution in [0.3, 0.4) is 0 Å². The maximum Gasteiger partial charge on any atom is 0.309 e. The van der Waals surface area contributed by atoms with Crippen molar-refractivity contribution in [2.75, 3.05) is 0 Å². The summed E-state index contributed by atoms with van der Waals surface area (Å²) >= 11 is 7.78. The minimum absolute atomic E-state index is 0.384. The highest BCUT2D eigenvalue weighted by Gasteiger charge is 2.53. The molecule has 0 amide bonds. The van der Waals surface area contributed by atoms with Crippen LogP contribution in [0.4, 0.5) is 0 Å². The lowest BCUT2D eigenvalue weighted by atomic mass is 9.50. The minimum atomic E-state index is -1.70. The van der Waals surface area contributed by atoms with Gasteiger partial charge in [-0.05, 0) is 51.6 Å². The Morgan fingerprint density at radius 2 is 1.45 bits per heavy atom. The van der Waals surface area contributed by atoms with Gasteiger partial charge in [0.05, 0.1) is 0 Å². The Morgan fingerprint density at radius 3 is 1.91 bits per heavy atom. The molecule has 2 aromatic rings. The van der Waals surface area contributed by atoms with Gasteiger partial charge >= 0.3 is 6.55 Å². The lowest BCUT2D eigenvalue weighted by Crippen LogP contribution is -2.60. The summed E-state index contributed by atoms with van der Waals surface area (Å²) in [5, 5.41) is 0.716. The molecule has 1 aromatic heterocycles. The molecule has 5 heteroatoms. The van der Waals surface area contributed by atoms with Crippen molar-refractivity contribution in [3.05, 3.63) is 46.3 Å². The van der Waals surface area contributed by atoms with Gasteiger partial charge in [-0.2, -0.15) is 11.3 Å². The third-order valence-corrected chi connectivity index (χ3v) is 6.21. The third kappa shape index (κ3) is 2.42. The van der Waals surface area contributed by atoms with Gasteiger partial charge in [-0.15, -0.1) is 5.46 Å². The summed E-state index contributed by atoms with van der Waals surface area (Å²) in [6.45, 7) is 8.77. The summed E-state index contributed by atoms with van der Waals surface area (Å²) < 4.78 is 14.3. The summed E-state index contributed by atoms with van der Waals surface area (Å²) in [7, 11) is 0. The SMILES string of the molecule is Cc1ccc([B-]2(c3ccc(Cl)cc3)OC(C)(C)C(C)(C)O2)s1. The topological polar surface area (TPSA) is 18.5 Å². The number of benzene rings is 1. The Kier molecular flexibility index (Phi) is 3.72. The fraction of sp³-hybridized carbons (Fsp3) is 0.412. The van der Waals surface area contributed by atoms with Crippen molar-refractivity contribution >= 4 is 39.7 Å². The molecule has 3 rings (SSSR count). The highest BCUT2D eigenvalue weighted by Crippen LogP contribution is 2.41. The molecule has 1 aliphatic rings. The summed E-state index contributed by atoms with van der Waals surface area (Å²) in [4.78, 5) is 1.25. The van der Waals surface area contributed by atoms with E-state index in [1.807, 2.05) is 24.3 Å². The predicted octanol–water partition coefficient (Wildman–Crippen LogP) is 3.87. The van der Waals surface area contributed by atoms with Crippen molar-refractivity contribution in [3.8, 4) is 0 Å². The highest BCUT2D eigenvalue weighted by molar-refractivity contribution is 7.27. The molecule has 0 spiro atoms. The van der Waals surface area contributed by atoms with Crippen LogP contribution in [0.1, 0.15) is 32.6 Å². The quantitative estimate of drug-likeness (QED) is 0.776. The first kappa shape index (κ1) is 16.1. The molecule has 1 saturated heterocycles. The summed E-state index contributed by atoms with van der Waals surface area (Å²) in [6.07, 6.45) is 0. The van der Waals surface area contributed by atoms with Gasteiger partial charge in [0.25, 0.3) is 0 Å². The standard InChI is InChI=1S/C17H21BClO2S/c1-12-6-11-15(22-12)18(13-7-9-14(19)10-8-13)20-16(2,3)17(4,5)21-18/h6-11H,1-5H3/q-1. The van der Waals surface area contributed by atoms with E-state index in [4.69, 9.17) is 20.9 Å². The van der Waals surface area contributed by atoms with E-state index in [0.29, 0.717) is 5.02 Å². The zero-order valence-corrected chi connectivity index (χ0v) is 15.2. The summed E-state index contributed by atoms with van der Waals surface area (Å²) in [5.74, 6) is 0. The van der Waals surface area contributed by atoms with Gasteiger partial charge < -0.3 is 9.31 Å². The molecule has 1 fully saturated rings. The van der Waals surface area contributed by atoms with E-state index in [2.05, 4.69) is 46.8 Å². The zero-order valence-electron chi connectivity index (χ0n) is 13.6. The molecule has 0 aliphatic carbocycles. The lowest BCUT2D eigenvalue weighted by Gasteiger charge is -2.37. The first-order valence-corrected chi connectivity index (χ1v) is 8.73. The van der Waals surface area contributed by atoms with E-state index in [1.54, 1.807) is 11.3 Å². The second-order valence-electron chi connectivity index (χ2n) is 6.97. The Balaban J connectivity index is 2.18. The van der Waals surface area contributed by atoms with Gasteiger partial charge in [-0.1, -0.05) is 40.6 Å². The Bertz CT molecular complexity index is 675. The molecule has 118 valence electrons. The van der Waals surface area contributed by atoms with Crippen molar-refractivity contribution in [1.82, 2.24) is 0 Å². The minimum Gasteiger partial charge on any atom is -0.554 e. The second-order valence-corrected chi connectivity index (χ2v) is 8.72. The van der Waals surface area contributed by atoms with Crippen LogP contribution >= 0.6 is 22.9 Å². The number of hydrogen-bond acceptors (Lipinski definition) is 3. The van der Waals surface area contributed by atoms with Gasteiger partial charge in [0.1, 0.15) is 0 Å². The average molecular weight is 336 g/mol. The van der Waals surface area contributed by atoms with Crippen LogP contribution in [-0.4, -0.2) is 17.8 Å². The summed E-state index contributed by atoms with van der Waals surface area (Å²) in [6, 6.07) is 12.0. The van der Waals surface area contributed by atoms with E-state index in [1.165, 1.54) is 4.88 Å².